The monoisotopic (exact) mass is 374 g/mol. The number of rotatable bonds is 2. The van der Waals surface area contributed by atoms with Gasteiger partial charge >= 0.3 is 0 Å². The number of aryl methyl sites for hydroxylation is 1. The molecule has 0 bridgehead atoms. The van der Waals surface area contributed by atoms with Crippen molar-refractivity contribution in [3.63, 3.8) is 0 Å². The van der Waals surface area contributed by atoms with Gasteiger partial charge in [0, 0.05) is 51.4 Å². The van der Waals surface area contributed by atoms with E-state index in [-0.39, 0.29) is 17.2 Å². The summed E-state index contributed by atoms with van der Waals surface area (Å²) in [4.78, 5) is 28.3. The molecule has 27 heavy (non-hydrogen) atoms. The molecule has 0 aromatic carbocycles. The Labute approximate surface area is 160 Å². The van der Waals surface area contributed by atoms with E-state index in [1.165, 1.54) is 0 Å². The lowest BCUT2D eigenvalue weighted by Gasteiger charge is -2.55. The SMILES string of the molecule is CC(=O)N1CC2(CCN(C(=O)/C=C/c3cnn(C)c3)CC2)CC(O)C1(C)C. The smallest absolute Gasteiger partial charge is 0.246 e. The second-order valence-electron chi connectivity index (χ2n) is 8.58. The Bertz CT molecular complexity index is 744. The van der Waals surface area contributed by atoms with Crippen molar-refractivity contribution in [2.24, 2.45) is 12.5 Å². The van der Waals surface area contributed by atoms with Crippen molar-refractivity contribution < 1.29 is 14.7 Å². The van der Waals surface area contributed by atoms with Gasteiger partial charge in [-0.15, -0.1) is 0 Å². The number of aromatic nitrogens is 2. The summed E-state index contributed by atoms with van der Waals surface area (Å²) < 4.78 is 1.70. The van der Waals surface area contributed by atoms with Crippen molar-refractivity contribution in [2.75, 3.05) is 19.6 Å². The van der Waals surface area contributed by atoms with Crippen molar-refractivity contribution >= 4 is 17.9 Å². The third-order valence-corrected chi connectivity index (χ3v) is 6.29. The van der Waals surface area contributed by atoms with Crippen LogP contribution in [0.25, 0.3) is 6.08 Å². The number of hydrogen-bond donors (Lipinski definition) is 1. The molecular formula is C20H30N4O3. The first-order valence-corrected chi connectivity index (χ1v) is 9.55. The maximum atomic E-state index is 12.5. The highest BCUT2D eigenvalue weighted by atomic mass is 16.3. The summed E-state index contributed by atoms with van der Waals surface area (Å²) in [6, 6.07) is 0. The lowest BCUT2D eigenvalue weighted by atomic mass is 9.67. The summed E-state index contributed by atoms with van der Waals surface area (Å²) in [5, 5.41) is 14.8. The Balaban J connectivity index is 1.63. The molecule has 0 aliphatic carbocycles. The topological polar surface area (TPSA) is 78.7 Å². The van der Waals surface area contributed by atoms with Crippen LogP contribution in [0.5, 0.6) is 0 Å². The summed E-state index contributed by atoms with van der Waals surface area (Å²) in [6.45, 7) is 7.36. The van der Waals surface area contributed by atoms with Crippen molar-refractivity contribution in [2.45, 2.75) is 51.7 Å². The van der Waals surface area contributed by atoms with E-state index in [2.05, 4.69) is 5.10 Å². The van der Waals surface area contributed by atoms with E-state index < -0.39 is 11.6 Å². The molecule has 1 unspecified atom stereocenters. The molecule has 148 valence electrons. The maximum absolute atomic E-state index is 12.5. The van der Waals surface area contributed by atoms with E-state index >= 15 is 0 Å². The number of aliphatic hydroxyl groups is 1. The molecule has 1 atom stereocenters. The summed E-state index contributed by atoms with van der Waals surface area (Å²) in [5.74, 6) is -0.00940. The van der Waals surface area contributed by atoms with Crippen LogP contribution in [0.2, 0.25) is 0 Å². The highest BCUT2D eigenvalue weighted by Crippen LogP contribution is 2.45. The van der Waals surface area contributed by atoms with Crippen molar-refractivity contribution in [3.8, 4) is 0 Å². The fraction of sp³-hybridized carbons (Fsp3) is 0.650. The minimum atomic E-state index is -0.553. The summed E-state index contributed by atoms with van der Waals surface area (Å²) >= 11 is 0. The van der Waals surface area contributed by atoms with Crippen LogP contribution in [0.3, 0.4) is 0 Å². The third kappa shape index (κ3) is 3.93. The zero-order valence-electron chi connectivity index (χ0n) is 16.7. The average Bonchev–Trinajstić information content (AvgIpc) is 3.02. The molecular weight excluding hydrogens is 344 g/mol. The van der Waals surface area contributed by atoms with Gasteiger partial charge in [0.2, 0.25) is 11.8 Å². The molecule has 0 saturated carbocycles. The predicted octanol–water partition coefficient (Wildman–Crippen LogP) is 1.43. The maximum Gasteiger partial charge on any atom is 0.246 e. The predicted molar refractivity (Wildman–Crippen MR) is 103 cm³/mol. The van der Waals surface area contributed by atoms with Gasteiger partial charge in [0.25, 0.3) is 0 Å². The Kier molecular flexibility index (Phi) is 5.16. The Hall–Kier alpha value is -2.15. The lowest BCUT2D eigenvalue weighted by Crippen LogP contribution is -2.64. The van der Waals surface area contributed by atoms with E-state index in [0.29, 0.717) is 26.1 Å². The number of carbonyl (C=O) groups is 2. The second kappa shape index (κ2) is 7.11. The number of likely N-dealkylation sites (tertiary alicyclic amines) is 2. The van der Waals surface area contributed by atoms with Gasteiger partial charge in [-0.3, -0.25) is 14.3 Å². The molecule has 1 aromatic rings. The van der Waals surface area contributed by atoms with E-state index in [1.54, 1.807) is 34.9 Å². The summed E-state index contributed by atoms with van der Waals surface area (Å²) in [6.07, 6.45) is 8.68. The van der Waals surface area contributed by atoms with Gasteiger partial charge in [0.05, 0.1) is 17.8 Å². The number of amides is 2. The van der Waals surface area contributed by atoms with Crippen LogP contribution >= 0.6 is 0 Å². The van der Waals surface area contributed by atoms with Gasteiger partial charge in [-0.1, -0.05) is 0 Å². The summed E-state index contributed by atoms with van der Waals surface area (Å²) in [5.41, 5.74) is 0.245. The lowest BCUT2D eigenvalue weighted by molar-refractivity contribution is -0.158. The summed E-state index contributed by atoms with van der Waals surface area (Å²) in [7, 11) is 1.84. The molecule has 7 heteroatoms. The Morgan fingerprint density at radius 3 is 2.52 bits per heavy atom. The van der Waals surface area contributed by atoms with Gasteiger partial charge < -0.3 is 14.9 Å². The van der Waals surface area contributed by atoms with Crippen LogP contribution in [-0.4, -0.2) is 67.8 Å². The first-order chi connectivity index (χ1) is 12.6. The number of piperidine rings is 2. The molecule has 2 aliphatic heterocycles. The fourth-order valence-electron chi connectivity index (χ4n) is 4.32. The standard InChI is InChI=1S/C20H30N4O3/c1-15(25)24-14-20(11-17(26)19(24,2)3)7-9-23(10-8-20)18(27)6-5-16-12-21-22(4)13-16/h5-6,12-13,17,26H,7-11,14H2,1-4H3/b6-5+. The van der Waals surface area contributed by atoms with Gasteiger partial charge in [-0.2, -0.15) is 5.10 Å². The molecule has 1 spiro atoms. The second-order valence-corrected chi connectivity index (χ2v) is 8.58. The van der Waals surface area contributed by atoms with E-state index in [1.807, 2.05) is 32.0 Å². The zero-order chi connectivity index (χ0) is 19.8. The van der Waals surface area contributed by atoms with E-state index in [9.17, 15) is 14.7 Å². The fourth-order valence-corrected chi connectivity index (χ4v) is 4.32. The van der Waals surface area contributed by atoms with Crippen LogP contribution in [0.1, 0.15) is 45.6 Å². The number of nitrogens with zero attached hydrogens (tertiary/aromatic N) is 4. The molecule has 1 N–H and O–H groups in total. The van der Waals surface area contributed by atoms with Crippen molar-refractivity contribution in [1.82, 2.24) is 19.6 Å². The molecule has 2 fully saturated rings. The zero-order valence-corrected chi connectivity index (χ0v) is 16.7. The molecule has 3 rings (SSSR count). The van der Waals surface area contributed by atoms with Crippen LogP contribution in [0.15, 0.2) is 18.5 Å². The molecule has 2 saturated heterocycles. The van der Waals surface area contributed by atoms with E-state index in [4.69, 9.17) is 0 Å². The quantitative estimate of drug-likeness (QED) is 0.795. The normalized spacial score (nSPS) is 24.6. The van der Waals surface area contributed by atoms with Crippen LogP contribution in [-0.2, 0) is 16.6 Å². The van der Waals surface area contributed by atoms with E-state index in [0.717, 1.165) is 18.4 Å². The number of carbonyl (C=O) groups excluding carboxylic acids is 2. The minimum Gasteiger partial charge on any atom is -0.391 e. The number of aliphatic hydroxyl groups excluding tert-OH is 1. The third-order valence-electron chi connectivity index (χ3n) is 6.29. The first-order valence-electron chi connectivity index (χ1n) is 9.55. The Morgan fingerprint density at radius 2 is 1.96 bits per heavy atom. The number of hydrogen-bond acceptors (Lipinski definition) is 4. The largest absolute Gasteiger partial charge is 0.391 e. The van der Waals surface area contributed by atoms with Crippen LogP contribution < -0.4 is 0 Å². The molecule has 2 aliphatic rings. The van der Waals surface area contributed by atoms with Crippen molar-refractivity contribution in [3.05, 3.63) is 24.0 Å². The van der Waals surface area contributed by atoms with Gasteiger partial charge in [0.15, 0.2) is 0 Å². The Morgan fingerprint density at radius 1 is 1.30 bits per heavy atom. The van der Waals surface area contributed by atoms with Crippen LogP contribution in [0.4, 0.5) is 0 Å². The minimum absolute atomic E-state index is 0.00367. The van der Waals surface area contributed by atoms with Gasteiger partial charge in [0.1, 0.15) is 0 Å². The first kappa shape index (κ1) is 19.6. The molecule has 2 amide bonds. The molecule has 1 aromatic heterocycles. The average molecular weight is 374 g/mol. The highest BCUT2D eigenvalue weighted by molar-refractivity contribution is 5.91. The van der Waals surface area contributed by atoms with Gasteiger partial charge in [-0.05, 0) is 44.6 Å². The van der Waals surface area contributed by atoms with Gasteiger partial charge in [-0.25, -0.2) is 0 Å². The van der Waals surface area contributed by atoms with Crippen LogP contribution in [0, 0.1) is 5.41 Å². The molecule has 3 heterocycles. The molecule has 7 nitrogen and oxygen atoms in total. The molecule has 0 radical (unpaired) electrons. The van der Waals surface area contributed by atoms with Crippen molar-refractivity contribution in [1.29, 1.82) is 0 Å². The highest BCUT2D eigenvalue weighted by Gasteiger charge is 2.50.